The molecule has 6 nitrogen and oxygen atoms in total. The van der Waals surface area contributed by atoms with Gasteiger partial charge in [-0.1, -0.05) is 32.4 Å². The molecule has 1 atom stereocenters. The SMILES string of the molecule is CCCCOC(=O)[C@@H](C)n1cnc2scc(-c3ccc(OCCC)cc3)c2c1=O. The van der Waals surface area contributed by atoms with E-state index in [9.17, 15) is 9.59 Å². The molecule has 0 fully saturated rings. The molecule has 0 unspecified atom stereocenters. The van der Waals surface area contributed by atoms with Crippen molar-refractivity contribution in [3.05, 3.63) is 46.3 Å². The lowest BCUT2D eigenvalue weighted by Crippen LogP contribution is -2.29. The largest absolute Gasteiger partial charge is 0.494 e. The fourth-order valence-corrected chi connectivity index (χ4v) is 3.84. The molecular formula is C22H26N2O4S. The van der Waals surface area contributed by atoms with Crippen molar-refractivity contribution in [2.75, 3.05) is 13.2 Å². The van der Waals surface area contributed by atoms with E-state index >= 15 is 0 Å². The molecule has 0 saturated heterocycles. The van der Waals surface area contributed by atoms with Crippen molar-refractivity contribution in [3.8, 4) is 16.9 Å². The predicted octanol–water partition coefficient (Wildman–Crippen LogP) is 4.82. The molecule has 0 saturated carbocycles. The maximum absolute atomic E-state index is 13.2. The maximum Gasteiger partial charge on any atom is 0.328 e. The Balaban J connectivity index is 1.92. The highest BCUT2D eigenvalue weighted by atomic mass is 32.1. The highest BCUT2D eigenvalue weighted by molar-refractivity contribution is 7.17. The number of ether oxygens (including phenoxy) is 2. The van der Waals surface area contributed by atoms with E-state index in [1.54, 1.807) is 6.92 Å². The van der Waals surface area contributed by atoms with Crippen molar-refractivity contribution in [2.45, 2.75) is 46.1 Å². The molecule has 0 aliphatic carbocycles. The van der Waals surface area contributed by atoms with Crippen LogP contribution >= 0.6 is 11.3 Å². The van der Waals surface area contributed by atoms with Crippen LogP contribution in [0.4, 0.5) is 0 Å². The summed E-state index contributed by atoms with van der Waals surface area (Å²) in [5, 5.41) is 2.45. The zero-order valence-electron chi connectivity index (χ0n) is 17.0. The number of aromatic nitrogens is 2. The third kappa shape index (κ3) is 4.67. The van der Waals surface area contributed by atoms with Crippen LogP contribution in [0.2, 0.25) is 0 Å². The first kappa shape index (κ1) is 21.0. The minimum absolute atomic E-state index is 0.238. The second kappa shape index (κ2) is 9.69. The molecule has 0 spiro atoms. The van der Waals surface area contributed by atoms with Gasteiger partial charge in [-0.25, -0.2) is 9.78 Å². The number of nitrogens with zero attached hydrogens (tertiary/aromatic N) is 2. The average Bonchev–Trinajstić information content (AvgIpc) is 3.17. The summed E-state index contributed by atoms with van der Waals surface area (Å²) in [6.45, 7) is 6.78. The lowest BCUT2D eigenvalue weighted by molar-refractivity contribution is -0.147. The lowest BCUT2D eigenvalue weighted by Gasteiger charge is -2.14. The monoisotopic (exact) mass is 414 g/mol. The topological polar surface area (TPSA) is 70.4 Å². The number of hydrogen-bond acceptors (Lipinski definition) is 6. The first-order valence-corrected chi connectivity index (χ1v) is 10.8. The Kier molecular flexibility index (Phi) is 7.04. The molecule has 1 aromatic carbocycles. The summed E-state index contributed by atoms with van der Waals surface area (Å²) < 4.78 is 12.3. The van der Waals surface area contributed by atoms with Gasteiger partial charge in [0.15, 0.2) is 0 Å². The molecule has 29 heavy (non-hydrogen) atoms. The normalized spacial score (nSPS) is 12.1. The van der Waals surface area contributed by atoms with Gasteiger partial charge in [0, 0.05) is 10.9 Å². The standard InChI is InChI=1S/C22H26N2O4S/c1-4-6-12-28-22(26)15(3)24-14-23-20-19(21(24)25)18(13-29-20)16-7-9-17(10-8-16)27-11-5-2/h7-10,13-15H,4-6,11-12H2,1-3H3/t15-/m1/s1. The molecule has 0 radical (unpaired) electrons. The van der Waals surface area contributed by atoms with Crippen LogP contribution in [0.15, 0.2) is 40.8 Å². The van der Waals surface area contributed by atoms with Gasteiger partial charge in [0.2, 0.25) is 0 Å². The summed E-state index contributed by atoms with van der Waals surface area (Å²) in [4.78, 5) is 30.5. The molecule has 0 bridgehead atoms. The summed E-state index contributed by atoms with van der Waals surface area (Å²) in [6, 6.07) is 6.94. The zero-order chi connectivity index (χ0) is 20.8. The van der Waals surface area contributed by atoms with Gasteiger partial charge in [0.05, 0.1) is 24.9 Å². The van der Waals surface area contributed by atoms with E-state index in [2.05, 4.69) is 11.9 Å². The molecule has 0 aliphatic rings. The van der Waals surface area contributed by atoms with E-state index in [4.69, 9.17) is 9.47 Å². The Morgan fingerprint density at radius 2 is 1.93 bits per heavy atom. The van der Waals surface area contributed by atoms with E-state index in [0.717, 1.165) is 36.1 Å². The van der Waals surface area contributed by atoms with Gasteiger partial charge in [-0.05, 0) is 37.5 Å². The predicted molar refractivity (Wildman–Crippen MR) is 116 cm³/mol. The van der Waals surface area contributed by atoms with Crippen LogP contribution in [0.5, 0.6) is 5.75 Å². The van der Waals surface area contributed by atoms with Crippen molar-refractivity contribution >= 4 is 27.5 Å². The third-order valence-corrected chi connectivity index (χ3v) is 5.54. The summed E-state index contributed by atoms with van der Waals surface area (Å²) >= 11 is 1.41. The van der Waals surface area contributed by atoms with Gasteiger partial charge >= 0.3 is 5.97 Å². The van der Waals surface area contributed by atoms with Crippen LogP contribution in [0.3, 0.4) is 0 Å². The number of esters is 1. The molecule has 0 aliphatic heterocycles. The number of unbranched alkanes of at least 4 members (excludes halogenated alkanes) is 1. The molecule has 3 rings (SSSR count). The van der Waals surface area contributed by atoms with E-state index in [1.165, 1.54) is 22.2 Å². The number of carbonyl (C=O) groups is 1. The van der Waals surface area contributed by atoms with Crippen molar-refractivity contribution in [1.29, 1.82) is 0 Å². The molecule has 0 N–H and O–H groups in total. The van der Waals surface area contributed by atoms with Crippen LogP contribution < -0.4 is 10.3 Å². The van der Waals surface area contributed by atoms with Gasteiger partial charge in [-0.2, -0.15) is 0 Å². The number of fused-ring (bicyclic) bond motifs is 1. The average molecular weight is 415 g/mol. The van der Waals surface area contributed by atoms with Gasteiger partial charge in [0.25, 0.3) is 5.56 Å². The summed E-state index contributed by atoms with van der Waals surface area (Å²) in [7, 11) is 0. The van der Waals surface area contributed by atoms with Crippen LogP contribution in [0, 0.1) is 0 Å². The van der Waals surface area contributed by atoms with Crippen molar-refractivity contribution in [2.24, 2.45) is 0 Å². The van der Waals surface area contributed by atoms with Crippen LogP contribution in [-0.4, -0.2) is 28.7 Å². The van der Waals surface area contributed by atoms with E-state index in [-0.39, 0.29) is 5.56 Å². The first-order chi connectivity index (χ1) is 14.1. The zero-order valence-corrected chi connectivity index (χ0v) is 17.8. The van der Waals surface area contributed by atoms with Crippen LogP contribution in [0.25, 0.3) is 21.3 Å². The van der Waals surface area contributed by atoms with Crippen molar-refractivity contribution in [1.82, 2.24) is 9.55 Å². The summed E-state index contributed by atoms with van der Waals surface area (Å²) in [5.41, 5.74) is 1.48. The Bertz CT molecular complexity index is 1020. The number of thiophene rings is 1. The number of hydrogen-bond donors (Lipinski definition) is 0. The second-order valence-corrected chi connectivity index (χ2v) is 7.71. The molecule has 0 amide bonds. The van der Waals surface area contributed by atoms with Crippen molar-refractivity contribution < 1.29 is 14.3 Å². The Labute approximate surface area is 174 Å². The Morgan fingerprint density at radius 3 is 2.62 bits per heavy atom. The molecule has 3 aromatic rings. The Hall–Kier alpha value is -2.67. The molecule has 2 aromatic heterocycles. The van der Waals surface area contributed by atoms with Gasteiger partial charge < -0.3 is 9.47 Å². The Morgan fingerprint density at radius 1 is 1.17 bits per heavy atom. The smallest absolute Gasteiger partial charge is 0.328 e. The quantitative estimate of drug-likeness (QED) is 0.371. The first-order valence-electron chi connectivity index (χ1n) is 9.95. The van der Waals surface area contributed by atoms with Crippen LogP contribution in [-0.2, 0) is 9.53 Å². The minimum atomic E-state index is -0.728. The fraction of sp³-hybridized carbons (Fsp3) is 0.409. The van der Waals surface area contributed by atoms with Gasteiger partial charge in [0.1, 0.15) is 16.6 Å². The molecule has 154 valence electrons. The van der Waals surface area contributed by atoms with E-state index in [1.807, 2.05) is 36.6 Å². The summed E-state index contributed by atoms with van der Waals surface area (Å²) in [5.74, 6) is 0.380. The molecular weight excluding hydrogens is 388 g/mol. The van der Waals surface area contributed by atoms with Crippen LogP contribution in [0.1, 0.15) is 46.1 Å². The van der Waals surface area contributed by atoms with Crippen molar-refractivity contribution in [3.63, 3.8) is 0 Å². The van der Waals surface area contributed by atoms with E-state index < -0.39 is 12.0 Å². The highest BCUT2D eigenvalue weighted by Gasteiger charge is 2.21. The molecule has 7 heteroatoms. The number of benzene rings is 1. The van der Waals surface area contributed by atoms with E-state index in [0.29, 0.717) is 23.4 Å². The number of rotatable bonds is 9. The second-order valence-electron chi connectivity index (χ2n) is 6.86. The highest BCUT2D eigenvalue weighted by Crippen LogP contribution is 2.32. The van der Waals surface area contributed by atoms with Gasteiger partial charge in [-0.3, -0.25) is 9.36 Å². The summed E-state index contributed by atoms with van der Waals surface area (Å²) in [6.07, 6.45) is 4.12. The maximum atomic E-state index is 13.2. The number of carbonyl (C=O) groups excluding carboxylic acids is 1. The minimum Gasteiger partial charge on any atom is -0.494 e. The lowest BCUT2D eigenvalue weighted by atomic mass is 10.1. The molecule has 2 heterocycles. The fourth-order valence-electron chi connectivity index (χ4n) is 2.94. The third-order valence-electron chi connectivity index (χ3n) is 4.66. The van der Waals surface area contributed by atoms with Gasteiger partial charge in [-0.15, -0.1) is 11.3 Å².